The standard InChI is InChI=1S/C23H26N2O2S/c1-2-3-14-25-21-15-18(17-26-19-10-6-4-7-11-19)16-22(28-24)23(21)27-20-12-8-5-9-13-20/h4-13,15-16,25H,2-3,14,17,24H2,1H3. The lowest BCUT2D eigenvalue weighted by atomic mass is 10.1. The Morgan fingerprint density at radius 2 is 1.61 bits per heavy atom. The molecule has 0 heterocycles. The van der Waals surface area contributed by atoms with Crippen molar-refractivity contribution in [2.45, 2.75) is 31.3 Å². The van der Waals surface area contributed by atoms with Crippen LogP contribution >= 0.6 is 11.9 Å². The minimum Gasteiger partial charge on any atom is -0.489 e. The van der Waals surface area contributed by atoms with Crippen molar-refractivity contribution in [2.24, 2.45) is 5.14 Å². The van der Waals surface area contributed by atoms with Crippen molar-refractivity contribution in [2.75, 3.05) is 11.9 Å². The molecule has 0 aliphatic carbocycles. The summed E-state index contributed by atoms with van der Waals surface area (Å²) in [5, 5.41) is 9.47. The molecule has 3 aromatic carbocycles. The van der Waals surface area contributed by atoms with E-state index >= 15 is 0 Å². The highest BCUT2D eigenvalue weighted by molar-refractivity contribution is 7.97. The predicted molar refractivity (Wildman–Crippen MR) is 117 cm³/mol. The molecule has 0 fully saturated rings. The van der Waals surface area contributed by atoms with Crippen LogP contribution in [0.15, 0.2) is 77.7 Å². The molecule has 0 radical (unpaired) electrons. The maximum atomic E-state index is 6.18. The number of benzene rings is 3. The number of anilines is 1. The van der Waals surface area contributed by atoms with E-state index in [4.69, 9.17) is 14.6 Å². The molecule has 28 heavy (non-hydrogen) atoms. The minimum absolute atomic E-state index is 0.464. The first-order valence-electron chi connectivity index (χ1n) is 9.48. The first-order valence-corrected chi connectivity index (χ1v) is 10.4. The summed E-state index contributed by atoms with van der Waals surface area (Å²) in [5.74, 6) is 2.37. The van der Waals surface area contributed by atoms with Gasteiger partial charge in [-0.1, -0.05) is 49.7 Å². The summed E-state index contributed by atoms with van der Waals surface area (Å²) in [6.07, 6.45) is 2.21. The van der Waals surface area contributed by atoms with Gasteiger partial charge >= 0.3 is 0 Å². The van der Waals surface area contributed by atoms with Gasteiger partial charge in [0.1, 0.15) is 18.1 Å². The van der Waals surface area contributed by atoms with E-state index in [2.05, 4.69) is 18.3 Å². The van der Waals surface area contributed by atoms with Gasteiger partial charge in [0.25, 0.3) is 0 Å². The molecule has 0 amide bonds. The highest BCUT2D eigenvalue weighted by Gasteiger charge is 2.14. The molecule has 0 spiro atoms. The van der Waals surface area contributed by atoms with Gasteiger partial charge in [-0.3, -0.25) is 5.14 Å². The first kappa shape index (κ1) is 20.1. The number of hydrogen-bond acceptors (Lipinski definition) is 5. The Morgan fingerprint density at radius 3 is 2.25 bits per heavy atom. The molecule has 3 rings (SSSR count). The molecule has 0 aliphatic rings. The quantitative estimate of drug-likeness (QED) is 0.315. The largest absolute Gasteiger partial charge is 0.489 e. The SMILES string of the molecule is CCCCNc1cc(COc2ccccc2)cc(SN)c1Oc1ccccc1. The Bertz CT molecular complexity index is 857. The third-order valence-corrected chi connectivity index (χ3v) is 4.76. The molecule has 4 nitrogen and oxygen atoms in total. The van der Waals surface area contributed by atoms with Crippen molar-refractivity contribution in [3.63, 3.8) is 0 Å². The average molecular weight is 395 g/mol. The molecule has 0 bridgehead atoms. The zero-order valence-corrected chi connectivity index (χ0v) is 16.9. The van der Waals surface area contributed by atoms with Crippen molar-refractivity contribution in [1.82, 2.24) is 0 Å². The van der Waals surface area contributed by atoms with E-state index in [0.29, 0.717) is 6.61 Å². The van der Waals surface area contributed by atoms with Crippen LogP contribution in [0.1, 0.15) is 25.3 Å². The van der Waals surface area contributed by atoms with Gasteiger partial charge in [0.05, 0.1) is 10.6 Å². The van der Waals surface area contributed by atoms with Gasteiger partial charge in [0.2, 0.25) is 0 Å². The van der Waals surface area contributed by atoms with Gasteiger partial charge in [-0.2, -0.15) is 0 Å². The smallest absolute Gasteiger partial charge is 0.165 e. The lowest BCUT2D eigenvalue weighted by Gasteiger charge is -2.18. The van der Waals surface area contributed by atoms with Gasteiger partial charge in [0.15, 0.2) is 5.75 Å². The number of unbranched alkanes of at least 4 members (excludes halogenated alkanes) is 1. The van der Waals surface area contributed by atoms with E-state index in [1.54, 1.807) is 0 Å². The lowest BCUT2D eigenvalue weighted by molar-refractivity contribution is 0.306. The van der Waals surface area contributed by atoms with Crippen LogP contribution in [-0.4, -0.2) is 6.54 Å². The third kappa shape index (κ3) is 5.68. The van der Waals surface area contributed by atoms with Crippen LogP contribution < -0.4 is 19.9 Å². The summed E-state index contributed by atoms with van der Waals surface area (Å²) in [6.45, 7) is 3.51. The Morgan fingerprint density at radius 1 is 0.929 bits per heavy atom. The van der Waals surface area contributed by atoms with Crippen LogP contribution in [0, 0.1) is 0 Å². The molecule has 0 aromatic heterocycles. The number of para-hydroxylation sites is 2. The van der Waals surface area contributed by atoms with E-state index in [-0.39, 0.29) is 0 Å². The highest BCUT2D eigenvalue weighted by Crippen LogP contribution is 2.39. The van der Waals surface area contributed by atoms with E-state index in [9.17, 15) is 0 Å². The second-order valence-electron chi connectivity index (χ2n) is 6.39. The molecule has 0 atom stereocenters. The summed E-state index contributed by atoms with van der Waals surface area (Å²) >= 11 is 1.18. The van der Waals surface area contributed by atoms with Gasteiger partial charge in [-0.25, -0.2) is 0 Å². The number of rotatable bonds is 10. The number of nitrogens with two attached hydrogens (primary N) is 1. The monoisotopic (exact) mass is 394 g/mol. The first-order chi connectivity index (χ1) is 13.8. The average Bonchev–Trinajstić information content (AvgIpc) is 2.75. The zero-order valence-electron chi connectivity index (χ0n) is 16.1. The second kappa shape index (κ2) is 10.6. The maximum Gasteiger partial charge on any atom is 0.165 e. The van der Waals surface area contributed by atoms with Gasteiger partial charge in [-0.15, -0.1) is 0 Å². The molecular weight excluding hydrogens is 368 g/mol. The highest BCUT2D eigenvalue weighted by atomic mass is 32.2. The van der Waals surface area contributed by atoms with Crippen LogP contribution in [0.3, 0.4) is 0 Å². The van der Waals surface area contributed by atoms with Gasteiger partial charge < -0.3 is 14.8 Å². The minimum atomic E-state index is 0.464. The Balaban J connectivity index is 1.86. The summed E-state index contributed by atoms with van der Waals surface area (Å²) in [5.41, 5.74) is 1.97. The third-order valence-electron chi connectivity index (χ3n) is 4.20. The van der Waals surface area contributed by atoms with Crippen LogP contribution in [-0.2, 0) is 6.61 Å². The van der Waals surface area contributed by atoms with Crippen molar-refractivity contribution in [3.8, 4) is 17.2 Å². The summed E-state index contributed by atoms with van der Waals surface area (Å²) < 4.78 is 12.1. The summed E-state index contributed by atoms with van der Waals surface area (Å²) in [6, 6.07) is 23.7. The molecule has 3 N–H and O–H groups in total. The van der Waals surface area contributed by atoms with E-state index in [1.807, 2.05) is 66.7 Å². The van der Waals surface area contributed by atoms with E-state index < -0.39 is 0 Å². The van der Waals surface area contributed by atoms with Gasteiger partial charge in [0, 0.05) is 6.54 Å². The van der Waals surface area contributed by atoms with Crippen molar-refractivity contribution in [3.05, 3.63) is 78.4 Å². The van der Waals surface area contributed by atoms with Crippen molar-refractivity contribution in [1.29, 1.82) is 0 Å². The molecular formula is C23H26N2O2S. The van der Waals surface area contributed by atoms with Crippen LogP contribution in [0.2, 0.25) is 0 Å². The van der Waals surface area contributed by atoms with E-state index in [0.717, 1.165) is 52.8 Å². The van der Waals surface area contributed by atoms with Gasteiger partial charge in [-0.05, 0) is 60.3 Å². The molecule has 0 saturated carbocycles. The fourth-order valence-corrected chi connectivity index (χ4v) is 3.23. The Hall–Kier alpha value is -2.63. The number of nitrogens with one attached hydrogen (secondary N) is 1. The normalized spacial score (nSPS) is 10.5. The van der Waals surface area contributed by atoms with E-state index in [1.165, 1.54) is 11.9 Å². The fraction of sp³-hybridized carbons (Fsp3) is 0.217. The van der Waals surface area contributed by atoms with Crippen LogP contribution in [0.4, 0.5) is 5.69 Å². The van der Waals surface area contributed by atoms with Crippen molar-refractivity contribution < 1.29 is 9.47 Å². The van der Waals surface area contributed by atoms with Crippen molar-refractivity contribution >= 4 is 17.6 Å². The molecule has 146 valence electrons. The summed E-state index contributed by atoms with van der Waals surface area (Å²) in [4.78, 5) is 0.872. The molecule has 0 saturated heterocycles. The topological polar surface area (TPSA) is 56.5 Å². The predicted octanol–water partition coefficient (Wildman–Crippen LogP) is 6.24. The zero-order chi connectivity index (χ0) is 19.6. The molecule has 0 unspecified atom stereocenters. The lowest BCUT2D eigenvalue weighted by Crippen LogP contribution is -2.06. The molecule has 3 aromatic rings. The van der Waals surface area contributed by atoms with Crippen LogP contribution in [0.5, 0.6) is 17.2 Å². The maximum absolute atomic E-state index is 6.18. The van der Waals surface area contributed by atoms with Crippen LogP contribution in [0.25, 0.3) is 0 Å². The molecule has 5 heteroatoms. The molecule has 0 aliphatic heterocycles. The number of hydrogen-bond donors (Lipinski definition) is 2. The second-order valence-corrected chi connectivity index (χ2v) is 7.06. The Labute approximate surface area is 171 Å². The number of ether oxygens (including phenoxy) is 2. The fourth-order valence-electron chi connectivity index (χ4n) is 2.76. The summed E-state index contributed by atoms with van der Waals surface area (Å²) in [7, 11) is 0. The Kier molecular flexibility index (Phi) is 7.64.